The molecule has 0 bridgehead atoms. The van der Waals surface area contributed by atoms with Crippen LogP contribution in [0.15, 0.2) is 24.3 Å². The van der Waals surface area contributed by atoms with E-state index in [-0.39, 0.29) is 6.61 Å². The first-order valence-corrected chi connectivity index (χ1v) is 5.57. The van der Waals surface area contributed by atoms with Crippen LogP contribution in [0, 0.1) is 0 Å². The Labute approximate surface area is 101 Å². The van der Waals surface area contributed by atoms with E-state index in [0.717, 1.165) is 17.7 Å². The van der Waals surface area contributed by atoms with Crippen molar-refractivity contribution < 1.29 is 14.4 Å². The minimum Gasteiger partial charge on any atom is -0.494 e. The topological polar surface area (TPSA) is 73.6 Å². The minimum atomic E-state index is -0.502. The molecule has 1 aromatic rings. The van der Waals surface area contributed by atoms with E-state index in [1.807, 2.05) is 24.3 Å². The fourth-order valence-corrected chi connectivity index (χ4v) is 1.22. The zero-order valence-electron chi connectivity index (χ0n) is 9.94. The van der Waals surface area contributed by atoms with Gasteiger partial charge in [-0.05, 0) is 24.1 Å². The van der Waals surface area contributed by atoms with Gasteiger partial charge in [0.25, 0.3) is 0 Å². The van der Waals surface area contributed by atoms with Crippen molar-refractivity contribution in [2.45, 2.75) is 19.9 Å². The quantitative estimate of drug-likeness (QED) is 0.523. The largest absolute Gasteiger partial charge is 0.494 e. The van der Waals surface area contributed by atoms with Crippen molar-refractivity contribution in [1.29, 1.82) is 0 Å². The van der Waals surface area contributed by atoms with Gasteiger partial charge < -0.3 is 10.5 Å². The van der Waals surface area contributed by atoms with E-state index in [4.69, 9.17) is 15.3 Å². The molecular formula is C12H18N2O3. The molecule has 3 N–H and O–H groups in total. The van der Waals surface area contributed by atoms with Gasteiger partial charge in [-0.3, -0.25) is 9.63 Å². The zero-order valence-corrected chi connectivity index (χ0v) is 9.94. The Morgan fingerprint density at radius 2 is 2.29 bits per heavy atom. The van der Waals surface area contributed by atoms with Crippen LogP contribution in [0.2, 0.25) is 0 Å². The molecule has 17 heavy (non-hydrogen) atoms. The van der Waals surface area contributed by atoms with E-state index in [1.54, 1.807) is 0 Å². The summed E-state index contributed by atoms with van der Waals surface area (Å²) in [6.45, 7) is 3.13. The van der Waals surface area contributed by atoms with E-state index in [2.05, 4.69) is 12.4 Å². The molecule has 0 atom stereocenters. The highest BCUT2D eigenvalue weighted by molar-refractivity contribution is 5.74. The third-order valence-electron chi connectivity index (χ3n) is 1.96. The summed E-state index contributed by atoms with van der Waals surface area (Å²) in [6, 6.07) is 7.69. The Morgan fingerprint density at radius 1 is 1.47 bits per heavy atom. The molecule has 0 fully saturated rings. The van der Waals surface area contributed by atoms with Crippen LogP contribution in [0.3, 0.4) is 0 Å². The number of nitrogens with two attached hydrogens (primary N) is 1. The van der Waals surface area contributed by atoms with Crippen molar-refractivity contribution >= 4 is 5.91 Å². The summed E-state index contributed by atoms with van der Waals surface area (Å²) in [5.74, 6) is 0.332. The van der Waals surface area contributed by atoms with E-state index in [1.165, 1.54) is 0 Å². The maximum absolute atomic E-state index is 10.4. The normalized spacial score (nSPS) is 10.2. The minimum absolute atomic E-state index is 0.133. The third-order valence-corrected chi connectivity index (χ3v) is 1.96. The molecule has 0 spiro atoms. The van der Waals surface area contributed by atoms with Gasteiger partial charge in [0.1, 0.15) is 12.4 Å². The average molecular weight is 238 g/mol. The zero-order chi connectivity index (χ0) is 12.5. The lowest BCUT2D eigenvalue weighted by Crippen LogP contribution is -2.24. The number of carbonyl (C=O) groups is 1. The summed E-state index contributed by atoms with van der Waals surface area (Å²) in [4.78, 5) is 15.3. The molecule has 5 nitrogen and oxygen atoms in total. The predicted molar refractivity (Wildman–Crippen MR) is 64.2 cm³/mol. The van der Waals surface area contributed by atoms with Crippen LogP contribution >= 0.6 is 0 Å². The summed E-state index contributed by atoms with van der Waals surface area (Å²) in [6.07, 6.45) is 0.976. The molecule has 0 saturated heterocycles. The van der Waals surface area contributed by atoms with E-state index in [0.29, 0.717) is 13.2 Å². The molecule has 0 radical (unpaired) electrons. The second kappa shape index (κ2) is 7.65. The van der Waals surface area contributed by atoms with Crippen LogP contribution in [0.5, 0.6) is 5.75 Å². The molecule has 1 rings (SSSR count). The number of hydroxylamine groups is 1. The van der Waals surface area contributed by atoms with Gasteiger partial charge in [0.2, 0.25) is 5.91 Å². The van der Waals surface area contributed by atoms with Gasteiger partial charge in [0.05, 0.1) is 6.61 Å². The molecule has 0 aliphatic heterocycles. The third kappa shape index (κ3) is 5.89. The van der Waals surface area contributed by atoms with Gasteiger partial charge in [-0.2, -0.15) is 5.48 Å². The highest BCUT2D eigenvalue weighted by Crippen LogP contribution is 2.13. The number of carbonyl (C=O) groups excluding carboxylic acids is 1. The molecule has 0 aliphatic carbocycles. The Bertz CT molecular complexity index is 355. The first kappa shape index (κ1) is 13.5. The van der Waals surface area contributed by atoms with Crippen molar-refractivity contribution in [3.63, 3.8) is 0 Å². The Hall–Kier alpha value is -1.59. The Balaban J connectivity index is 2.34. The van der Waals surface area contributed by atoms with E-state index in [9.17, 15) is 4.79 Å². The second-order valence-electron chi connectivity index (χ2n) is 3.57. The Morgan fingerprint density at radius 3 is 3.00 bits per heavy atom. The number of ether oxygens (including phenoxy) is 1. The molecule has 0 heterocycles. The summed E-state index contributed by atoms with van der Waals surface area (Å²) in [5.41, 5.74) is 8.60. The van der Waals surface area contributed by atoms with Gasteiger partial charge in [0.15, 0.2) is 0 Å². The van der Waals surface area contributed by atoms with Crippen LogP contribution in [0.4, 0.5) is 0 Å². The highest BCUT2D eigenvalue weighted by atomic mass is 16.6. The van der Waals surface area contributed by atoms with Crippen LogP contribution in [0.25, 0.3) is 0 Å². The maximum Gasteiger partial charge on any atom is 0.245 e. The van der Waals surface area contributed by atoms with Crippen LogP contribution in [0.1, 0.15) is 18.9 Å². The SMILES string of the molecule is CCCOc1cccc(CNOCC(N)=O)c1. The van der Waals surface area contributed by atoms with Crippen LogP contribution < -0.4 is 16.0 Å². The average Bonchev–Trinajstić information content (AvgIpc) is 2.32. The summed E-state index contributed by atoms with van der Waals surface area (Å²) >= 11 is 0. The fraction of sp³-hybridized carbons (Fsp3) is 0.417. The lowest BCUT2D eigenvalue weighted by molar-refractivity contribution is -0.125. The van der Waals surface area contributed by atoms with Gasteiger partial charge in [-0.15, -0.1) is 0 Å². The molecule has 0 aliphatic rings. The molecule has 0 saturated carbocycles. The first-order chi connectivity index (χ1) is 8.22. The fourth-order valence-electron chi connectivity index (χ4n) is 1.22. The molecule has 0 unspecified atom stereocenters. The van der Waals surface area contributed by atoms with Gasteiger partial charge in [-0.1, -0.05) is 19.1 Å². The number of hydrogen-bond acceptors (Lipinski definition) is 4. The summed E-state index contributed by atoms with van der Waals surface area (Å²) < 4.78 is 5.50. The van der Waals surface area contributed by atoms with Crippen molar-refractivity contribution in [2.75, 3.05) is 13.2 Å². The van der Waals surface area contributed by atoms with Gasteiger partial charge in [-0.25, -0.2) is 0 Å². The first-order valence-electron chi connectivity index (χ1n) is 5.57. The highest BCUT2D eigenvalue weighted by Gasteiger charge is 1.98. The van der Waals surface area contributed by atoms with Gasteiger partial charge >= 0.3 is 0 Å². The Kier molecular flexibility index (Phi) is 6.06. The number of primary amides is 1. The van der Waals surface area contributed by atoms with Crippen molar-refractivity contribution in [2.24, 2.45) is 5.73 Å². The smallest absolute Gasteiger partial charge is 0.245 e. The van der Waals surface area contributed by atoms with Crippen molar-refractivity contribution in [3.8, 4) is 5.75 Å². The number of amides is 1. The molecule has 0 aromatic heterocycles. The molecule has 1 aromatic carbocycles. The van der Waals surface area contributed by atoms with Gasteiger partial charge in [0, 0.05) is 6.54 Å². The summed E-state index contributed by atoms with van der Waals surface area (Å²) in [7, 11) is 0. The van der Waals surface area contributed by atoms with E-state index >= 15 is 0 Å². The summed E-state index contributed by atoms with van der Waals surface area (Å²) in [5, 5.41) is 0. The lowest BCUT2D eigenvalue weighted by Gasteiger charge is -2.07. The number of benzene rings is 1. The van der Waals surface area contributed by atoms with E-state index < -0.39 is 5.91 Å². The molecule has 94 valence electrons. The number of hydrogen-bond donors (Lipinski definition) is 2. The van der Waals surface area contributed by atoms with Crippen molar-refractivity contribution in [1.82, 2.24) is 5.48 Å². The van der Waals surface area contributed by atoms with Crippen molar-refractivity contribution in [3.05, 3.63) is 29.8 Å². The van der Waals surface area contributed by atoms with Crippen LogP contribution in [-0.2, 0) is 16.2 Å². The lowest BCUT2D eigenvalue weighted by atomic mass is 10.2. The second-order valence-corrected chi connectivity index (χ2v) is 3.57. The molecular weight excluding hydrogens is 220 g/mol. The predicted octanol–water partition coefficient (Wildman–Crippen LogP) is 0.982. The molecule has 1 amide bonds. The van der Waals surface area contributed by atoms with Crippen LogP contribution in [-0.4, -0.2) is 19.1 Å². The number of nitrogens with one attached hydrogen (secondary N) is 1. The monoisotopic (exact) mass is 238 g/mol. The molecule has 5 heteroatoms. The number of rotatable bonds is 8. The maximum atomic E-state index is 10.4. The standard InChI is InChI=1S/C12H18N2O3/c1-2-6-16-11-5-3-4-10(7-11)8-14-17-9-12(13)15/h3-5,7,14H,2,6,8-9H2,1H3,(H2,13,15).